The number of oxime groups is 1. The van der Waals surface area contributed by atoms with E-state index in [9.17, 15) is 4.79 Å². The number of carbonyl (C=O) groups is 1. The van der Waals surface area contributed by atoms with E-state index in [0.717, 1.165) is 0 Å². The highest BCUT2D eigenvalue weighted by Crippen LogP contribution is 1.85. The first-order chi connectivity index (χ1) is 5.72. The summed E-state index contributed by atoms with van der Waals surface area (Å²) in [6, 6.07) is 0. The normalized spacial score (nSPS) is 10.2. The predicted molar refractivity (Wildman–Crippen MR) is 44.5 cm³/mol. The average Bonchev–Trinajstić information content (AvgIpc) is 2.05. The molecule has 0 aromatic rings. The maximum absolute atomic E-state index is 10.9. The number of hydrogen-bond acceptors (Lipinski definition) is 4. The van der Waals surface area contributed by atoms with Crippen molar-refractivity contribution >= 4 is 11.7 Å². The van der Waals surface area contributed by atoms with Gasteiger partial charge in [-0.1, -0.05) is 11.1 Å². The molecule has 0 aliphatic rings. The van der Waals surface area contributed by atoms with Gasteiger partial charge in [-0.05, 0) is 13.8 Å². The fourth-order valence-electron chi connectivity index (χ4n) is 0.439. The molecule has 0 saturated heterocycles. The lowest BCUT2D eigenvalue weighted by atomic mass is 10.4. The first kappa shape index (κ1) is 10.5. The Kier molecular flexibility index (Phi) is 5.45. The quantitative estimate of drug-likeness (QED) is 0.203. The van der Waals surface area contributed by atoms with E-state index in [2.05, 4.69) is 20.7 Å². The molecule has 0 fully saturated rings. The lowest BCUT2D eigenvalue weighted by molar-refractivity contribution is -0.135. The van der Waals surface area contributed by atoms with E-state index in [1.54, 1.807) is 6.92 Å². The molecule has 4 heteroatoms. The number of ether oxygens (including phenoxy) is 1. The standard InChI is InChI=1S/C8H11NO3/c1-4-6-12-9-7(3)8(10)11-5-2/h1H,5-6H2,2-3H3/b9-7-. The Morgan fingerprint density at radius 2 is 2.33 bits per heavy atom. The van der Waals surface area contributed by atoms with E-state index in [-0.39, 0.29) is 12.3 Å². The second-order valence-corrected chi connectivity index (χ2v) is 1.87. The van der Waals surface area contributed by atoms with Crippen molar-refractivity contribution in [3.05, 3.63) is 0 Å². The average molecular weight is 169 g/mol. The first-order valence-corrected chi connectivity index (χ1v) is 3.49. The summed E-state index contributed by atoms with van der Waals surface area (Å²) in [5, 5.41) is 3.43. The lowest BCUT2D eigenvalue weighted by Gasteiger charge is -1.99. The molecule has 0 atom stereocenters. The molecular weight excluding hydrogens is 158 g/mol. The van der Waals surface area contributed by atoms with Crippen LogP contribution in [0.25, 0.3) is 0 Å². The Bertz CT molecular complexity index is 215. The molecule has 0 bridgehead atoms. The lowest BCUT2D eigenvalue weighted by Crippen LogP contribution is -2.14. The molecule has 0 spiro atoms. The summed E-state index contributed by atoms with van der Waals surface area (Å²) in [6.07, 6.45) is 4.89. The van der Waals surface area contributed by atoms with Crippen LogP contribution >= 0.6 is 0 Å². The minimum Gasteiger partial charge on any atom is -0.461 e. The molecular formula is C8H11NO3. The summed E-state index contributed by atoms with van der Waals surface area (Å²) < 4.78 is 4.63. The maximum atomic E-state index is 10.9. The van der Waals surface area contributed by atoms with Crippen molar-refractivity contribution in [3.8, 4) is 12.3 Å². The van der Waals surface area contributed by atoms with Crippen molar-refractivity contribution < 1.29 is 14.4 Å². The van der Waals surface area contributed by atoms with Gasteiger partial charge in [-0.25, -0.2) is 4.79 Å². The summed E-state index contributed by atoms with van der Waals surface area (Å²) in [4.78, 5) is 15.4. The molecule has 0 N–H and O–H groups in total. The van der Waals surface area contributed by atoms with Crippen LogP contribution in [0.3, 0.4) is 0 Å². The summed E-state index contributed by atoms with van der Waals surface area (Å²) in [5.41, 5.74) is 0.159. The zero-order chi connectivity index (χ0) is 9.40. The summed E-state index contributed by atoms with van der Waals surface area (Å²) in [7, 11) is 0. The van der Waals surface area contributed by atoms with E-state index < -0.39 is 5.97 Å². The van der Waals surface area contributed by atoms with E-state index in [1.165, 1.54) is 6.92 Å². The molecule has 0 aliphatic heterocycles. The topological polar surface area (TPSA) is 47.9 Å². The smallest absolute Gasteiger partial charge is 0.355 e. The zero-order valence-corrected chi connectivity index (χ0v) is 7.16. The van der Waals surface area contributed by atoms with Crippen LogP contribution in [0.15, 0.2) is 5.16 Å². The molecule has 0 saturated carbocycles. The number of esters is 1. The highest BCUT2D eigenvalue weighted by Gasteiger charge is 2.05. The Morgan fingerprint density at radius 1 is 1.67 bits per heavy atom. The molecule has 0 amide bonds. The number of carbonyl (C=O) groups excluding carboxylic acids is 1. The number of rotatable bonds is 4. The number of hydrogen-bond donors (Lipinski definition) is 0. The molecule has 0 aromatic carbocycles. The maximum Gasteiger partial charge on any atom is 0.355 e. The predicted octanol–water partition coefficient (Wildman–Crippen LogP) is 0.575. The van der Waals surface area contributed by atoms with Crippen LogP contribution in [0.1, 0.15) is 13.8 Å². The SMILES string of the molecule is C#CCO/N=C(/C)C(=O)OCC. The van der Waals surface area contributed by atoms with Gasteiger partial charge in [0.15, 0.2) is 12.3 Å². The second-order valence-electron chi connectivity index (χ2n) is 1.87. The third kappa shape index (κ3) is 4.34. The Morgan fingerprint density at radius 3 is 2.83 bits per heavy atom. The molecule has 0 heterocycles. The van der Waals surface area contributed by atoms with Crippen LogP contribution in [0.2, 0.25) is 0 Å². The van der Waals surface area contributed by atoms with Crippen LogP contribution in [0.4, 0.5) is 0 Å². The molecule has 0 aromatic heterocycles. The van der Waals surface area contributed by atoms with Gasteiger partial charge in [0, 0.05) is 0 Å². The van der Waals surface area contributed by atoms with Crippen molar-refractivity contribution in [3.63, 3.8) is 0 Å². The Balaban J connectivity index is 3.84. The van der Waals surface area contributed by atoms with Crippen LogP contribution in [0, 0.1) is 12.3 Å². The van der Waals surface area contributed by atoms with Gasteiger partial charge in [0.25, 0.3) is 0 Å². The number of terminal acetylenes is 1. The molecule has 4 nitrogen and oxygen atoms in total. The Labute approximate surface area is 71.5 Å². The van der Waals surface area contributed by atoms with Gasteiger partial charge < -0.3 is 9.57 Å². The van der Waals surface area contributed by atoms with Gasteiger partial charge in [-0.15, -0.1) is 6.42 Å². The summed E-state index contributed by atoms with van der Waals surface area (Å²) in [5.74, 6) is 1.72. The van der Waals surface area contributed by atoms with Crippen molar-refractivity contribution in [2.75, 3.05) is 13.2 Å². The second kappa shape index (κ2) is 6.23. The van der Waals surface area contributed by atoms with Gasteiger partial charge in [-0.3, -0.25) is 0 Å². The monoisotopic (exact) mass is 169 g/mol. The molecule has 12 heavy (non-hydrogen) atoms. The fourth-order valence-corrected chi connectivity index (χ4v) is 0.439. The minimum absolute atomic E-state index is 0.0523. The zero-order valence-electron chi connectivity index (χ0n) is 7.16. The van der Waals surface area contributed by atoms with Crippen molar-refractivity contribution in [2.24, 2.45) is 5.16 Å². The molecule has 0 unspecified atom stereocenters. The van der Waals surface area contributed by atoms with Crippen LogP contribution in [-0.2, 0) is 14.4 Å². The largest absolute Gasteiger partial charge is 0.461 e. The molecule has 0 radical (unpaired) electrons. The third-order valence-corrected chi connectivity index (χ3v) is 0.920. The van der Waals surface area contributed by atoms with Gasteiger partial charge in [0.1, 0.15) is 0 Å². The molecule has 66 valence electrons. The van der Waals surface area contributed by atoms with Crippen molar-refractivity contribution in [1.29, 1.82) is 0 Å². The summed E-state index contributed by atoms with van der Waals surface area (Å²) >= 11 is 0. The molecule has 0 aliphatic carbocycles. The molecule has 0 rings (SSSR count). The van der Waals surface area contributed by atoms with Gasteiger partial charge >= 0.3 is 5.97 Å². The highest BCUT2D eigenvalue weighted by molar-refractivity contribution is 6.35. The van der Waals surface area contributed by atoms with E-state index in [4.69, 9.17) is 6.42 Å². The van der Waals surface area contributed by atoms with Gasteiger partial charge in [-0.2, -0.15) is 0 Å². The minimum atomic E-state index is -0.491. The van der Waals surface area contributed by atoms with E-state index >= 15 is 0 Å². The van der Waals surface area contributed by atoms with Crippen molar-refractivity contribution in [1.82, 2.24) is 0 Å². The first-order valence-electron chi connectivity index (χ1n) is 3.49. The highest BCUT2D eigenvalue weighted by atomic mass is 16.6. The van der Waals surface area contributed by atoms with Crippen LogP contribution in [-0.4, -0.2) is 24.9 Å². The van der Waals surface area contributed by atoms with E-state index in [1.807, 2.05) is 0 Å². The number of nitrogens with zero attached hydrogens (tertiary/aromatic N) is 1. The van der Waals surface area contributed by atoms with Crippen LogP contribution in [0.5, 0.6) is 0 Å². The fraction of sp³-hybridized carbons (Fsp3) is 0.500. The Hall–Kier alpha value is -1.50. The van der Waals surface area contributed by atoms with Crippen molar-refractivity contribution in [2.45, 2.75) is 13.8 Å². The summed E-state index contributed by atoms with van der Waals surface area (Å²) in [6.45, 7) is 3.58. The van der Waals surface area contributed by atoms with E-state index in [0.29, 0.717) is 6.61 Å². The van der Waals surface area contributed by atoms with Gasteiger partial charge in [0.2, 0.25) is 0 Å². The third-order valence-electron chi connectivity index (χ3n) is 0.920. The van der Waals surface area contributed by atoms with Crippen LogP contribution < -0.4 is 0 Å². The van der Waals surface area contributed by atoms with Gasteiger partial charge in [0.05, 0.1) is 6.61 Å².